The number of amides is 1. The average molecular weight is 320 g/mol. The van der Waals surface area contributed by atoms with Gasteiger partial charge in [-0.3, -0.25) is 4.79 Å². The fraction of sp³-hybridized carbons (Fsp3) is 0.462. The van der Waals surface area contributed by atoms with Crippen molar-refractivity contribution in [3.63, 3.8) is 0 Å². The Hall–Kier alpha value is -1.11. The van der Waals surface area contributed by atoms with E-state index in [4.69, 9.17) is 15.4 Å². The Kier molecular flexibility index (Phi) is 5.98. The van der Waals surface area contributed by atoms with Crippen LogP contribution in [0.2, 0.25) is 0 Å². The summed E-state index contributed by atoms with van der Waals surface area (Å²) in [5, 5.41) is 2.85. The van der Waals surface area contributed by atoms with E-state index >= 15 is 0 Å². The molecule has 0 saturated carbocycles. The Balaban J connectivity index is 2.82. The standard InChI is InChI=1S/C13H18ClNO4S/c1-9(2)12(8-19-3)15-13(16)10-4-6-11(7-5-10)20(14,17)18/h4-7,9,12H,8H2,1-3H3,(H,15,16). The summed E-state index contributed by atoms with van der Waals surface area (Å²) >= 11 is 0. The van der Waals surface area contributed by atoms with E-state index < -0.39 is 9.05 Å². The molecular weight excluding hydrogens is 302 g/mol. The molecule has 1 unspecified atom stereocenters. The summed E-state index contributed by atoms with van der Waals surface area (Å²) in [6.07, 6.45) is 0. The van der Waals surface area contributed by atoms with Gasteiger partial charge in [-0.05, 0) is 30.2 Å². The third-order valence-corrected chi connectivity index (χ3v) is 4.24. The van der Waals surface area contributed by atoms with Gasteiger partial charge in [0.05, 0.1) is 17.5 Å². The van der Waals surface area contributed by atoms with Crippen LogP contribution in [0.5, 0.6) is 0 Å². The normalized spacial score (nSPS) is 13.2. The highest BCUT2D eigenvalue weighted by Gasteiger charge is 2.17. The second-order valence-corrected chi connectivity index (χ2v) is 7.31. The molecule has 1 N–H and O–H groups in total. The molecule has 0 aliphatic carbocycles. The lowest BCUT2D eigenvalue weighted by Gasteiger charge is -2.21. The summed E-state index contributed by atoms with van der Waals surface area (Å²) < 4.78 is 27.3. The predicted octanol–water partition coefficient (Wildman–Crippen LogP) is 2.01. The first-order valence-electron chi connectivity index (χ1n) is 6.10. The lowest BCUT2D eigenvalue weighted by Crippen LogP contribution is -2.41. The first kappa shape index (κ1) is 16.9. The number of halogens is 1. The summed E-state index contributed by atoms with van der Waals surface area (Å²) in [5.74, 6) is -0.0549. The molecule has 0 saturated heterocycles. The first-order valence-corrected chi connectivity index (χ1v) is 8.41. The van der Waals surface area contributed by atoms with Gasteiger partial charge in [0.1, 0.15) is 0 Å². The maximum atomic E-state index is 12.0. The van der Waals surface area contributed by atoms with Crippen molar-refractivity contribution in [3.05, 3.63) is 29.8 Å². The van der Waals surface area contributed by atoms with E-state index in [2.05, 4.69) is 5.32 Å². The molecule has 0 radical (unpaired) electrons. The SMILES string of the molecule is COCC(NC(=O)c1ccc(S(=O)(=O)Cl)cc1)C(C)C. The smallest absolute Gasteiger partial charge is 0.261 e. The van der Waals surface area contributed by atoms with Crippen LogP contribution < -0.4 is 5.32 Å². The Bertz CT molecular complexity index is 554. The quantitative estimate of drug-likeness (QED) is 0.814. The van der Waals surface area contributed by atoms with E-state index in [1.807, 2.05) is 13.8 Å². The van der Waals surface area contributed by atoms with Gasteiger partial charge in [0, 0.05) is 23.4 Å². The molecule has 0 aromatic heterocycles. The summed E-state index contributed by atoms with van der Waals surface area (Å²) in [6.45, 7) is 4.37. The molecular formula is C13H18ClNO4S. The second kappa shape index (κ2) is 7.06. The first-order chi connectivity index (χ1) is 9.25. The third kappa shape index (κ3) is 4.77. The van der Waals surface area contributed by atoms with Crippen LogP contribution in [0.4, 0.5) is 0 Å². The predicted molar refractivity (Wildman–Crippen MR) is 77.4 cm³/mol. The Labute approximate surface area is 123 Å². The molecule has 1 aromatic carbocycles. The van der Waals surface area contributed by atoms with Crippen LogP contribution in [0, 0.1) is 5.92 Å². The van der Waals surface area contributed by atoms with Crippen molar-refractivity contribution >= 4 is 25.6 Å². The monoisotopic (exact) mass is 319 g/mol. The highest BCUT2D eigenvalue weighted by Crippen LogP contribution is 2.15. The highest BCUT2D eigenvalue weighted by molar-refractivity contribution is 8.13. The zero-order valence-corrected chi connectivity index (χ0v) is 13.2. The number of ether oxygens (including phenoxy) is 1. The zero-order chi connectivity index (χ0) is 15.3. The minimum atomic E-state index is -3.77. The van der Waals surface area contributed by atoms with Crippen molar-refractivity contribution in [2.75, 3.05) is 13.7 Å². The Morgan fingerprint density at radius 1 is 1.30 bits per heavy atom. The van der Waals surface area contributed by atoms with Gasteiger partial charge in [-0.2, -0.15) is 0 Å². The number of methoxy groups -OCH3 is 1. The van der Waals surface area contributed by atoms with Crippen molar-refractivity contribution in [2.45, 2.75) is 24.8 Å². The molecule has 0 heterocycles. The fourth-order valence-corrected chi connectivity index (χ4v) is 2.37. The van der Waals surface area contributed by atoms with Crippen LogP contribution in [0.15, 0.2) is 29.2 Å². The number of benzene rings is 1. The molecule has 20 heavy (non-hydrogen) atoms. The molecule has 5 nitrogen and oxygen atoms in total. The number of hydrogen-bond donors (Lipinski definition) is 1. The minimum Gasteiger partial charge on any atom is -0.383 e. The van der Waals surface area contributed by atoms with E-state index in [9.17, 15) is 13.2 Å². The van der Waals surface area contributed by atoms with E-state index in [1.165, 1.54) is 24.3 Å². The lowest BCUT2D eigenvalue weighted by atomic mass is 10.0. The second-order valence-electron chi connectivity index (χ2n) is 4.74. The molecule has 1 atom stereocenters. The topological polar surface area (TPSA) is 72.5 Å². The van der Waals surface area contributed by atoms with Crippen molar-refractivity contribution in [3.8, 4) is 0 Å². The summed E-state index contributed by atoms with van der Waals surface area (Å²) in [7, 11) is 3.01. The van der Waals surface area contributed by atoms with Crippen LogP contribution in [0.25, 0.3) is 0 Å². The van der Waals surface area contributed by atoms with Crippen LogP contribution in [-0.4, -0.2) is 34.1 Å². The Morgan fingerprint density at radius 3 is 2.25 bits per heavy atom. The lowest BCUT2D eigenvalue weighted by molar-refractivity contribution is 0.0866. The van der Waals surface area contributed by atoms with Crippen LogP contribution in [0.1, 0.15) is 24.2 Å². The van der Waals surface area contributed by atoms with Gasteiger partial charge in [-0.15, -0.1) is 0 Å². The van der Waals surface area contributed by atoms with Gasteiger partial charge in [0.2, 0.25) is 0 Å². The summed E-state index contributed by atoms with van der Waals surface area (Å²) in [6, 6.07) is 5.35. The fourth-order valence-electron chi connectivity index (χ4n) is 1.60. The van der Waals surface area contributed by atoms with Gasteiger partial charge in [0.25, 0.3) is 15.0 Å². The highest BCUT2D eigenvalue weighted by atomic mass is 35.7. The number of carbonyl (C=O) groups is 1. The molecule has 0 aliphatic heterocycles. The number of rotatable bonds is 6. The molecule has 0 bridgehead atoms. The average Bonchev–Trinajstić information content (AvgIpc) is 2.37. The number of nitrogens with one attached hydrogen (secondary N) is 1. The van der Waals surface area contributed by atoms with Gasteiger partial charge in [-0.1, -0.05) is 13.8 Å². The molecule has 7 heteroatoms. The molecule has 1 aromatic rings. The maximum absolute atomic E-state index is 12.0. The van der Waals surface area contributed by atoms with Gasteiger partial charge >= 0.3 is 0 Å². The maximum Gasteiger partial charge on any atom is 0.261 e. The Morgan fingerprint density at radius 2 is 1.85 bits per heavy atom. The molecule has 1 amide bonds. The number of hydrogen-bond acceptors (Lipinski definition) is 4. The van der Waals surface area contributed by atoms with Gasteiger partial charge < -0.3 is 10.1 Å². The van der Waals surface area contributed by atoms with E-state index in [1.54, 1.807) is 7.11 Å². The minimum absolute atomic E-state index is 0.0342. The summed E-state index contributed by atoms with van der Waals surface area (Å²) in [4.78, 5) is 12.0. The largest absolute Gasteiger partial charge is 0.383 e. The van der Waals surface area contributed by atoms with Gasteiger partial charge in [-0.25, -0.2) is 8.42 Å². The van der Waals surface area contributed by atoms with Crippen LogP contribution in [0.3, 0.4) is 0 Å². The van der Waals surface area contributed by atoms with E-state index in [0.717, 1.165) is 0 Å². The molecule has 1 rings (SSSR count). The molecule has 112 valence electrons. The van der Waals surface area contributed by atoms with Gasteiger partial charge in [0.15, 0.2) is 0 Å². The zero-order valence-electron chi connectivity index (χ0n) is 11.6. The molecule has 0 fully saturated rings. The van der Waals surface area contributed by atoms with Crippen molar-refractivity contribution in [2.24, 2.45) is 5.92 Å². The van der Waals surface area contributed by atoms with Crippen molar-refractivity contribution in [1.29, 1.82) is 0 Å². The molecule has 0 spiro atoms. The van der Waals surface area contributed by atoms with E-state index in [0.29, 0.717) is 12.2 Å². The van der Waals surface area contributed by atoms with Crippen molar-refractivity contribution in [1.82, 2.24) is 5.32 Å². The summed E-state index contributed by atoms with van der Waals surface area (Å²) in [5.41, 5.74) is 0.371. The number of carbonyl (C=O) groups excluding carboxylic acids is 1. The third-order valence-electron chi connectivity index (χ3n) is 2.87. The van der Waals surface area contributed by atoms with E-state index in [-0.39, 0.29) is 22.8 Å². The van der Waals surface area contributed by atoms with Crippen molar-refractivity contribution < 1.29 is 17.9 Å². The van der Waals surface area contributed by atoms with Crippen LogP contribution >= 0.6 is 10.7 Å². The molecule has 0 aliphatic rings. The van der Waals surface area contributed by atoms with Crippen LogP contribution in [-0.2, 0) is 13.8 Å².